The number of aliphatic hydroxyl groups excluding tert-OH is 2. The van der Waals surface area contributed by atoms with E-state index < -0.39 is 12.2 Å². The van der Waals surface area contributed by atoms with Crippen LogP contribution in [0.25, 0.3) is 0 Å². The van der Waals surface area contributed by atoms with E-state index in [4.69, 9.17) is 25.8 Å². The molecule has 0 saturated carbocycles. The summed E-state index contributed by atoms with van der Waals surface area (Å²) in [4.78, 5) is 11.5. The summed E-state index contributed by atoms with van der Waals surface area (Å²) in [6.07, 6.45) is 8.24. The molecule has 0 aromatic heterocycles. The fourth-order valence-corrected chi connectivity index (χ4v) is 3.49. The van der Waals surface area contributed by atoms with Crippen LogP contribution < -0.4 is 4.74 Å². The van der Waals surface area contributed by atoms with Crippen LogP contribution in [0.1, 0.15) is 39.5 Å². The molecular weight excluding hydrogens is 420 g/mol. The molecule has 1 aromatic rings. The minimum Gasteiger partial charge on any atom is -0.491 e. The Morgan fingerprint density at radius 2 is 2.10 bits per heavy atom. The quantitative estimate of drug-likeness (QED) is 0.367. The summed E-state index contributed by atoms with van der Waals surface area (Å²) in [6, 6.07) is 6.99. The van der Waals surface area contributed by atoms with Gasteiger partial charge in [-0.05, 0) is 51.3 Å². The lowest BCUT2D eigenvalue weighted by Crippen LogP contribution is -2.23. The third kappa shape index (κ3) is 9.87. The first-order chi connectivity index (χ1) is 14.8. The largest absolute Gasteiger partial charge is 0.491 e. The molecule has 31 heavy (non-hydrogen) atoms. The Morgan fingerprint density at radius 3 is 2.84 bits per heavy atom. The van der Waals surface area contributed by atoms with Gasteiger partial charge in [0.1, 0.15) is 18.5 Å². The molecule has 1 fully saturated rings. The third-order valence-electron chi connectivity index (χ3n) is 4.83. The summed E-state index contributed by atoms with van der Waals surface area (Å²) in [5.74, 6) is 0.352. The highest BCUT2D eigenvalue weighted by Crippen LogP contribution is 2.27. The molecule has 0 aliphatic carbocycles. The van der Waals surface area contributed by atoms with Gasteiger partial charge in [-0.25, -0.2) is 0 Å². The molecule has 6 nitrogen and oxygen atoms in total. The first kappa shape index (κ1) is 25.4. The van der Waals surface area contributed by atoms with E-state index >= 15 is 0 Å². The molecule has 0 amide bonds. The minimum absolute atomic E-state index is 0.0483. The fourth-order valence-electron chi connectivity index (χ4n) is 3.31. The Hall–Kier alpha value is -1.86. The van der Waals surface area contributed by atoms with Crippen molar-refractivity contribution in [3.8, 4) is 5.75 Å². The summed E-state index contributed by atoms with van der Waals surface area (Å²) in [6.45, 7) is 4.04. The Bertz CT molecular complexity index is 733. The Balaban J connectivity index is 1.71. The second-order valence-electron chi connectivity index (χ2n) is 7.88. The highest BCUT2D eigenvalue weighted by atomic mass is 35.5. The fraction of sp³-hybridized carbons (Fsp3) is 0.542. The summed E-state index contributed by atoms with van der Waals surface area (Å²) < 4.78 is 16.3. The average Bonchev–Trinajstić information content (AvgIpc) is 3.06. The lowest BCUT2D eigenvalue weighted by Gasteiger charge is -2.17. The Morgan fingerprint density at radius 1 is 1.32 bits per heavy atom. The van der Waals surface area contributed by atoms with E-state index in [0.29, 0.717) is 23.6 Å². The topological polar surface area (TPSA) is 85.2 Å². The number of rotatable bonds is 12. The van der Waals surface area contributed by atoms with Crippen molar-refractivity contribution < 1.29 is 29.2 Å². The van der Waals surface area contributed by atoms with Crippen molar-refractivity contribution in [1.82, 2.24) is 0 Å². The van der Waals surface area contributed by atoms with Crippen LogP contribution in [0.3, 0.4) is 0 Å². The van der Waals surface area contributed by atoms with Gasteiger partial charge in [-0.15, -0.1) is 0 Å². The zero-order valence-corrected chi connectivity index (χ0v) is 18.9. The summed E-state index contributed by atoms with van der Waals surface area (Å²) >= 11 is 5.92. The maximum Gasteiger partial charge on any atom is 0.306 e. The molecule has 1 aliphatic rings. The van der Waals surface area contributed by atoms with Gasteiger partial charge in [-0.3, -0.25) is 4.79 Å². The van der Waals surface area contributed by atoms with Gasteiger partial charge in [0.25, 0.3) is 0 Å². The minimum atomic E-state index is -0.800. The number of hydrogen-bond acceptors (Lipinski definition) is 6. The predicted molar refractivity (Wildman–Crippen MR) is 120 cm³/mol. The van der Waals surface area contributed by atoms with Gasteiger partial charge >= 0.3 is 5.97 Å². The van der Waals surface area contributed by atoms with Crippen molar-refractivity contribution in [2.24, 2.45) is 5.92 Å². The normalized spacial score (nSPS) is 22.5. The first-order valence-electron chi connectivity index (χ1n) is 10.7. The number of carbonyl (C=O) groups excluding carboxylic acids is 1. The van der Waals surface area contributed by atoms with E-state index in [1.807, 2.05) is 26.0 Å². The zero-order valence-electron chi connectivity index (χ0n) is 18.2. The van der Waals surface area contributed by atoms with E-state index in [2.05, 4.69) is 0 Å². The van der Waals surface area contributed by atoms with E-state index in [0.717, 1.165) is 12.8 Å². The Kier molecular flexibility index (Phi) is 11.1. The molecule has 2 rings (SSSR count). The first-order valence-corrected chi connectivity index (χ1v) is 11.1. The number of halogens is 1. The lowest BCUT2D eigenvalue weighted by molar-refractivity contribution is -0.147. The smallest absolute Gasteiger partial charge is 0.306 e. The van der Waals surface area contributed by atoms with Gasteiger partial charge < -0.3 is 24.4 Å². The van der Waals surface area contributed by atoms with Crippen LogP contribution in [0, 0.1) is 5.92 Å². The van der Waals surface area contributed by atoms with Gasteiger partial charge in [0, 0.05) is 17.4 Å². The second kappa shape index (κ2) is 13.5. The molecule has 1 aliphatic heterocycles. The van der Waals surface area contributed by atoms with Gasteiger partial charge in [-0.1, -0.05) is 42.0 Å². The average molecular weight is 453 g/mol. The number of esters is 1. The van der Waals surface area contributed by atoms with Crippen molar-refractivity contribution in [3.05, 3.63) is 53.6 Å². The predicted octanol–water partition coefficient (Wildman–Crippen LogP) is 4.08. The molecule has 1 aromatic carbocycles. The van der Waals surface area contributed by atoms with Crippen LogP contribution in [-0.2, 0) is 14.3 Å². The van der Waals surface area contributed by atoms with Crippen LogP contribution in [-0.4, -0.2) is 53.8 Å². The van der Waals surface area contributed by atoms with E-state index in [9.17, 15) is 15.0 Å². The van der Waals surface area contributed by atoms with Crippen molar-refractivity contribution in [1.29, 1.82) is 0 Å². The molecular formula is C24H33ClO6. The molecule has 172 valence electrons. The highest BCUT2D eigenvalue weighted by molar-refractivity contribution is 6.30. The standard InChI is InChI=1S/C24H33ClO6/c1-17(2)31-24(28)11-6-4-3-5-10-21-22(27)16-30-23(21)13-12-19(26)15-29-20-9-7-8-18(25)14-20/h3-4,7-9,12-14,17,19,21-23,26-27H,5-6,10-11,15-16H2,1-2H3/b4-3-,13-12+/t19-,21+,22+,23?/m1/s1. The maximum atomic E-state index is 11.5. The van der Waals surface area contributed by atoms with E-state index in [1.54, 1.807) is 36.4 Å². The number of ether oxygens (including phenoxy) is 3. The number of benzene rings is 1. The maximum absolute atomic E-state index is 11.5. The lowest BCUT2D eigenvalue weighted by atomic mass is 9.93. The van der Waals surface area contributed by atoms with Crippen LogP contribution in [0.5, 0.6) is 5.75 Å². The molecule has 1 unspecified atom stereocenters. The van der Waals surface area contributed by atoms with Crippen molar-refractivity contribution >= 4 is 17.6 Å². The number of carbonyl (C=O) groups is 1. The number of hydrogen-bond donors (Lipinski definition) is 2. The molecule has 1 heterocycles. The van der Waals surface area contributed by atoms with Crippen molar-refractivity contribution in [3.63, 3.8) is 0 Å². The van der Waals surface area contributed by atoms with Gasteiger partial charge in [0.15, 0.2) is 0 Å². The molecule has 0 spiro atoms. The van der Waals surface area contributed by atoms with E-state index in [1.165, 1.54) is 0 Å². The molecule has 2 N–H and O–H groups in total. The monoisotopic (exact) mass is 452 g/mol. The van der Waals surface area contributed by atoms with Gasteiger partial charge in [-0.2, -0.15) is 0 Å². The molecule has 0 radical (unpaired) electrons. The van der Waals surface area contributed by atoms with Crippen LogP contribution >= 0.6 is 11.6 Å². The summed E-state index contributed by atoms with van der Waals surface area (Å²) in [7, 11) is 0. The molecule has 1 saturated heterocycles. The van der Waals surface area contributed by atoms with Crippen molar-refractivity contribution in [2.75, 3.05) is 13.2 Å². The van der Waals surface area contributed by atoms with Crippen LogP contribution in [0.4, 0.5) is 0 Å². The van der Waals surface area contributed by atoms with Crippen molar-refractivity contribution in [2.45, 2.75) is 63.9 Å². The molecule has 7 heteroatoms. The second-order valence-corrected chi connectivity index (χ2v) is 8.31. The SMILES string of the molecule is CC(C)OC(=O)CC/C=C\CC[C@@H]1C(/C=C/[C@@H](O)COc2cccc(Cl)c2)OC[C@@H]1O. The summed E-state index contributed by atoms with van der Waals surface area (Å²) in [5, 5.41) is 20.9. The van der Waals surface area contributed by atoms with E-state index in [-0.39, 0.29) is 37.3 Å². The summed E-state index contributed by atoms with van der Waals surface area (Å²) in [5.41, 5.74) is 0. The number of aliphatic hydroxyl groups is 2. The molecule has 4 atom stereocenters. The third-order valence-corrected chi connectivity index (χ3v) is 5.07. The number of allylic oxidation sites excluding steroid dienone is 2. The van der Waals surface area contributed by atoms with Crippen LogP contribution in [0.15, 0.2) is 48.6 Å². The zero-order chi connectivity index (χ0) is 22.6. The molecule has 0 bridgehead atoms. The van der Waals surface area contributed by atoms with Gasteiger partial charge in [0.2, 0.25) is 0 Å². The highest BCUT2D eigenvalue weighted by Gasteiger charge is 2.33. The Labute approximate surface area is 189 Å². The van der Waals surface area contributed by atoms with Crippen LogP contribution in [0.2, 0.25) is 5.02 Å². The van der Waals surface area contributed by atoms with Gasteiger partial charge in [0.05, 0.1) is 24.9 Å².